The molecule has 0 spiro atoms. The Hall–Kier alpha value is -7.72. The Kier molecular flexibility index (Phi) is 7.99. The van der Waals surface area contributed by atoms with Gasteiger partial charge in [-0.15, -0.1) is 11.3 Å². The molecule has 0 saturated carbocycles. The zero-order chi connectivity index (χ0) is 38.6. The maximum absolute atomic E-state index is 9.71. The van der Waals surface area contributed by atoms with E-state index in [0.717, 1.165) is 66.4 Å². The van der Waals surface area contributed by atoms with Crippen LogP contribution in [0.15, 0.2) is 188 Å². The van der Waals surface area contributed by atoms with Gasteiger partial charge in [0.2, 0.25) is 0 Å². The van der Waals surface area contributed by atoms with Gasteiger partial charge < -0.3 is 4.57 Å². The predicted octanol–water partition coefficient (Wildman–Crippen LogP) is 13.5. The SMILES string of the molecule is N#Cc1cccc(-c2ccc3c4ccccc4n(-c4ccc(-c5ccc6sc7ccccc7c6c5)cc4-c4nc(-c5ccccc5)nc(-c5ccccc5)n4)c3c2)c1. The van der Waals surface area contributed by atoms with Crippen molar-refractivity contribution in [2.45, 2.75) is 0 Å². The normalized spacial score (nSPS) is 11.4. The van der Waals surface area contributed by atoms with Gasteiger partial charge in [0, 0.05) is 47.6 Å². The quantitative estimate of drug-likeness (QED) is 0.169. The third kappa shape index (κ3) is 5.73. The molecule has 0 aliphatic carbocycles. The van der Waals surface area contributed by atoms with E-state index in [2.05, 4.69) is 120 Å². The van der Waals surface area contributed by atoms with Gasteiger partial charge in [0.15, 0.2) is 17.5 Å². The highest BCUT2D eigenvalue weighted by Gasteiger charge is 2.21. The summed E-state index contributed by atoms with van der Waals surface area (Å²) in [6.45, 7) is 0. The maximum Gasteiger partial charge on any atom is 0.166 e. The predicted molar refractivity (Wildman–Crippen MR) is 239 cm³/mol. The summed E-state index contributed by atoms with van der Waals surface area (Å²) in [4.78, 5) is 15.6. The van der Waals surface area contributed by atoms with E-state index in [4.69, 9.17) is 15.0 Å². The first-order valence-electron chi connectivity index (χ1n) is 19.2. The number of fused-ring (bicyclic) bond motifs is 6. The van der Waals surface area contributed by atoms with E-state index < -0.39 is 0 Å². The molecule has 0 N–H and O–H groups in total. The number of aromatic nitrogens is 4. The van der Waals surface area contributed by atoms with Crippen molar-refractivity contribution in [2.24, 2.45) is 0 Å². The van der Waals surface area contributed by atoms with Crippen LogP contribution in [0.25, 0.3) is 104 Å². The van der Waals surface area contributed by atoms with Crippen LogP contribution < -0.4 is 0 Å². The van der Waals surface area contributed by atoms with E-state index in [0.29, 0.717) is 23.0 Å². The standard InChI is InChI=1S/C52H31N5S/c53-32-33-12-11-17-36(28-33)39-22-25-41-40-18-7-9-20-45(40)57(47(41)31-39)46-26-23-37(38-24-27-49-43(29-38)42-19-8-10-21-48(42)58-49)30-44(46)52-55-50(34-13-3-1-4-14-34)54-51(56-52)35-15-5-2-6-16-35/h1-31H. The molecule has 270 valence electrons. The van der Waals surface area contributed by atoms with Crippen molar-refractivity contribution in [3.8, 4) is 68.2 Å². The third-order valence-electron chi connectivity index (χ3n) is 10.9. The van der Waals surface area contributed by atoms with E-state index in [1.54, 1.807) is 0 Å². The second kappa shape index (κ2) is 13.8. The van der Waals surface area contributed by atoms with Crippen molar-refractivity contribution >= 4 is 53.3 Å². The molecule has 0 aliphatic rings. The molecule has 0 bridgehead atoms. The number of thiophene rings is 1. The number of hydrogen-bond donors (Lipinski definition) is 0. The molecule has 8 aromatic carbocycles. The minimum Gasteiger partial charge on any atom is -0.308 e. The van der Waals surface area contributed by atoms with Crippen LogP contribution in [0.3, 0.4) is 0 Å². The van der Waals surface area contributed by atoms with Crippen molar-refractivity contribution in [2.75, 3.05) is 0 Å². The van der Waals surface area contributed by atoms with E-state index in [-0.39, 0.29) is 0 Å². The van der Waals surface area contributed by atoms with Crippen LogP contribution in [-0.4, -0.2) is 19.5 Å². The molecule has 5 nitrogen and oxygen atoms in total. The molecule has 6 heteroatoms. The summed E-state index contributed by atoms with van der Waals surface area (Å²) < 4.78 is 4.88. The van der Waals surface area contributed by atoms with Gasteiger partial charge in [-0.2, -0.15) is 5.26 Å². The van der Waals surface area contributed by atoms with Gasteiger partial charge >= 0.3 is 0 Å². The maximum atomic E-state index is 9.71. The van der Waals surface area contributed by atoms with Crippen LogP contribution in [-0.2, 0) is 0 Å². The molecule has 3 heterocycles. The Bertz CT molecular complexity index is 3360. The minimum absolute atomic E-state index is 0.579. The van der Waals surface area contributed by atoms with Crippen LogP contribution in [0.1, 0.15) is 5.56 Å². The lowest BCUT2D eigenvalue weighted by Crippen LogP contribution is -2.04. The first-order valence-corrected chi connectivity index (χ1v) is 20.0. The lowest BCUT2D eigenvalue weighted by Gasteiger charge is -2.17. The Morgan fingerprint density at radius 2 is 0.966 bits per heavy atom. The Labute approximate surface area is 338 Å². The molecule has 0 aliphatic heterocycles. The summed E-state index contributed by atoms with van der Waals surface area (Å²) in [5.41, 5.74) is 10.6. The third-order valence-corrected chi connectivity index (χ3v) is 12.0. The van der Waals surface area contributed by atoms with Crippen molar-refractivity contribution in [3.05, 3.63) is 194 Å². The number of hydrogen-bond acceptors (Lipinski definition) is 5. The fourth-order valence-electron chi connectivity index (χ4n) is 8.10. The number of rotatable bonds is 6. The van der Waals surface area contributed by atoms with Crippen molar-refractivity contribution in [1.29, 1.82) is 5.26 Å². The molecule has 0 atom stereocenters. The highest BCUT2D eigenvalue weighted by Crippen LogP contribution is 2.41. The lowest BCUT2D eigenvalue weighted by molar-refractivity contribution is 1.06. The molecule has 3 aromatic heterocycles. The minimum atomic E-state index is 0.579. The fraction of sp³-hybridized carbons (Fsp3) is 0. The van der Waals surface area contributed by atoms with Crippen LogP contribution in [0.2, 0.25) is 0 Å². The second-order valence-electron chi connectivity index (χ2n) is 14.4. The summed E-state index contributed by atoms with van der Waals surface area (Å²) in [5.74, 6) is 1.79. The van der Waals surface area contributed by atoms with Crippen molar-refractivity contribution in [3.63, 3.8) is 0 Å². The summed E-state index contributed by atoms with van der Waals surface area (Å²) in [7, 11) is 0. The highest BCUT2D eigenvalue weighted by molar-refractivity contribution is 7.25. The second-order valence-corrected chi connectivity index (χ2v) is 15.4. The Balaban J connectivity index is 1.21. The van der Waals surface area contributed by atoms with Gasteiger partial charge in [0.1, 0.15) is 0 Å². The summed E-state index contributed by atoms with van der Waals surface area (Å²) >= 11 is 1.82. The number of benzene rings is 8. The summed E-state index contributed by atoms with van der Waals surface area (Å²) in [6.07, 6.45) is 0. The number of nitriles is 1. The topological polar surface area (TPSA) is 67.4 Å². The van der Waals surface area contributed by atoms with Gasteiger partial charge in [-0.3, -0.25) is 0 Å². The van der Waals surface area contributed by atoms with Crippen molar-refractivity contribution < 1.29 is 0 Å². The molecule has 0 radical (unpaired) electrons. The average Bonchev–Trinajstić information content (AvgIpc) is 3.84. The van der Waals surface area contributed by atoms with Gasteiger partial charge in [-0.1, -0.05) is 133 Å². The molecule has 11 rings (SSSR count). The van der Waals surface area contributed by atoms with Crippen molar-refractivity contribution in [1.82, 2.24) is 19.5 Å². The lowest BCUT2D eigenvalue weighted by atomic mass is 9.99. The monoisotopic (exact) mass is 757 g/mol. The summed E-state index contributed by atoms with van der Waals surface area (Å²) in [6, 6.07) is 67.5. The van der Waals surface area contributed by atoms with E-state index in [1.165, 1.54) is 20.2 Å². The molecule has 11 aromatic rings. The molecule has 58 heavy (non-hydrogen) atoms. The first kappa shape index (κ1) is 33.6. The van der Waals surface area contributed by atoms with Crippen LogP contribution in [0, 0.1) is 11.3 Å². The van der Waals surface area contributed by atoms with E-state index in [1.807, 2.05) is 90.2 Å². The molecular weight excluding hydrogens is 727 g/mol. The Morgan fingerprint density at radius 1 is 0.397 bits per heavy atom. The molecule has 0 saturated heterocycles. The smallest absolute Gasteiger partial charge is 0.166 e. The molecule has 0 amide bonds. The Morgan fingerprint density at radius 3 is 1.74 bits per heavy atom. The highest BCUT2D eigenvalue weighted by atomic mass is 32.1. The molecule has 0 fully saturated rings. The molecule has 0 unspecified atom stereocenters. The summed E-state index contributed by atoms with van der Waals surface area (Å²) in [5, 5.41) is 14.5. The fourth-order valence-corrected chi connectivity index (χ4v) is 9.19. The zero-order valence-corrected chi connectivity index (χ0v) is 31.9. The average molecular weight is 758 g/mol. The van der Waals surface area contributed by atoms with Gasteiger partial charge in [-0.25, -0.2) is 15.0 Å². The van der Waals surface area contributed by atoms with Crippen LogP contribution in [0.4, 0.5) is 0 Å². The molecular formula is C52H31N5S. The van der Waals surface area contributed by atoms with Gasteiger partial charge in [-0.05, 0) is 76.9 Å². The van der Waals surface area contributed by atoms with Gasteiger partial charge in [0.25, 0.3) is 0 Å². The van der Waals surface area contributed by atoms with E-state index >= 15 is 0 Å². The number of para-hydroxylation sites is 1. The first-order chi connectivity index (χ1) is 28.7. The zero-order valence-electron chi connectivity index (χ0n) is 31.0. The van der Waals surface area contributed by atoms with Crippen LogP contribution in [0.5, 0.6) is 0 Å². The largest absolute Gasteiger partial charge is 0.308 e. The van der Waals surface area contributed by atoms with E-state index in [9.17, 15) is 5.26 Å². The number of nitrogens with zero attached hydrogens (tertiary/aromatic N) is 5. The van der Waals surface area contributed by atoms with Gasteiger partial charge in [0.05, 0.1) is 28.4 Å². The van der Waals surface area contributed by atoms with Crippen LogP contribution >= 0.6 is 11.3 Å².